The highest BCUT2D eigenvalue weighted by atomic mass is 32.1. The molecule has 4 aliphatic carbocycles. The van der Waals surface area contributed by atoms with Gasteiger partial charge < -0.3 is 10.2 Å². The summed E-state index contributed by atoms with van der Waals surface area (Å²) in [6.07, 6.45) is 8.13. The number of Topliss-reactive ketones (excluding diaryl/α,β-unsaturated/α-hetero) is 1. The minimum absolute atomic E-state index is 0.0585. The lowest BCUT2D eigenvalue weighted by Gasteiger charge is -2.56. The molecule has 0 radical (unpaired) electrons. The molecule has 0 amide bonds. The summed E-state index contributed by atoms with van der Waals surface area (Å²) in [5.41, 5.74) is 1.23. The third kappa shape index (κ3) is 4.36. The Morgan fingerprint density at radius 3 is 2.28 bits per heavy atom. The Bertz CT molecular complexity index is 673. The third-order valence-electron chi connectivity index (χ3n) is 7.97. The smallest absolute Gasteiger partial charge is 0.155 e. The highest BCUT2D eigenvalue weighted by Gasteiger charge is 2.59. The molecule has 4 aliphatic rings. The number of rotatable bonds is 3. The molecule has 164 valence electrons. The van der Waals surface area contributed by atoms with E-state index in [0.29, 0.717) is 30.0 Å². The minimum atomic E-state index is -0.740. The predicted molar refractivity (Wildman–Crippen MR) is 125 cm³/mol. The van der Waals surface area contributed by atoms with Crippen molar-refractivity contribution in [3.63, 3.8) is 0 Å². The van der Waals surface area contributed by atoms with Crippen molar-refractivity contribution < 1.29 is 19.8 Å². The Labute approximate surface area is 190 Å². The second-order valence-electron chi connectivity index (χ2n) is 9.39. The van der Waals surface area contributed by atoms with Gasteiger partial charge in [0.2, 0.25) is 0 Å². The highest BCUT2D eigenvalue weighted by Crippen LogP contribution is 2.63. The molecule has 0 aromatic rings. The van der Waals surface area contributed by atoms with Crippen LogP contribution in [0, 0.1) is 23.2 Å². The number of hydrogen-bond acceptors (Lipinski definition) is 7. The van der Waals surface area contributed by atoms with Crippen molar-refractivity contribution in [3.8, 4) is 0 Å². The van der Waals surface area contributed by atoms with Gasteiger partial charge in [-0.25, -0.2) is 0 Å². The Morgan fingerprint density at radius 2 is 1.66 bits per heavy atom. The molecule has 0 heterocycles. The van der Waals surface area contributed by atoms with Gasteiger partial charge in [-0.3, -0.25) is 9.59 Å². The van der Waals surface area contributed by atoms with Crippen molar-refractivity contribution in [1.82, 2.24) is 0 Å². The number of carbonyl (C=O) groups is 2. The Balaban J connectivity index is 0.000000258. The van der Waals surface area contributed by atoms with Gasteiger partial charge in [0.05, 0.1) is 12.2 Å². The summed E-state index contributed by atoms with van der Waals surface area (Å²) in [6.45, 7) is 2.21. The van der Waals surface area contributed by atoms with E-state index in [9.17, 15) is 9.59 Å². The summed E-state index contributed by atoms with van der Waals surface area (Å²) in [5, 5.41) is 17.5. The molecule has 4 nitrogen and oxygen atoms in total. The van der Waals surface area contributed by atoms with Gasteiger partial charge in [-0.2, -0.15) is 37.9 Å². The van der Waals surface area contributed by atoms with E-state index in [1.165, 1.54) is 5.57 Å². The minimum Gasteiger partial charge on any atom is -0.390 e. The lowest BCUT2D eigenvalue weighted by atomic mass is 9.52. The van der Waals surface area contributed by atoms with E-state index >= 15 is 0 Å². The van der Waals surface area contributed by atoms with Gasteiger partial charge in [-0.15, -0.1) is 0 Å². The van der Waals surface area contributed by atoms with Gasteiger partial charge in [-0.05, 0) is 62.4 Å². The fourth-order valence-electron chi connectivity index (χ4n) is 6.20. The molecule has 2 N–H and O–H groups in total. The monoisotopic (exact) mass is 458 g/mol. The molecule has 0 spiro atoms. The van der Waals surface area contributed by atoms with Crippen LogP contribution in [0.3, 0.4) is 0 Å². The maximum atomic E-state index is 12.3. The number of aliphatic hydroxyl groups excluding tert-OH is 2. The Morgan fingerprint density at radius 1 is 1.00 bits per heavy atom. The third-order valence-corrected chi connectivity index (χ3v) is 9.56. The van der Waals surface area contributed by atoms with Crippen molar-refractivity contribution in [2.75, 3.05) is 11.5 Å². The van der Waals surface area contributed by atoms with Gasteiger partial charge in [0.25, 0.3) is 0 Å². The van der Waals surface area contributed by atoms with E-state index in [0.717, 1.165) is 44.9 Å². The number of carbonyl (C=O) groups excluding carboxylic acids is 2. The topological polar surface area (TPSA) is 74.6 Å². The molecule has 0 aromatic heterocycles. The number of aliphatic hydroxyl groups is 2. The molecule has 7 heteroatoms. The summed E-state index contributed by atoms with van der Waals surface area (Å²) >= 11 is 12.6. The summed E-state index contributed by atoms with van der Waals surface area (Å²) in [6, 6.07) is 0. The molecule has 0 aliphatic heterocycles. The quantitative estimate of drug-likeness (QED) is 0.421. The van der Waals surface area contributed by atoms with Crippen LogP contribution in [0.2, 0.25) is 0 Å². The van der Waals surface area contributed by atoms with Gasteiger partial charge in [0.15, 0.2) is 5.78 Å². The lowest BCUT2D eigenvalue weighted by Crippen LogP contribution is -2.52. The van der Waals surface area contributed by atoms with Gasteiger partial charge in [-0.1, -0.05) is 12.5 Å². The van der Waals surface area contributed by atoms with E-state index in [2.05, 4.69) is 32.2 Å². The first-order valence-corrected chi connectivity index (χ1v) is 12.5. The highest BCUT2D eigenvalue weighted by molar-refractivity contribution is 7.82. The average molecular weight is 459 g/mol. The number of ketones is 2. The van der Waals surface area contributed by atoms with Gasteiger partial charge >= 0.3 is 0 Å². The molecule has 7 atom stereocenters. The fraction of sp³-hybridized carbons (Fsp3) is 0.818. The molecule has 0 aromatic carbocycles. The summed E-state index contributed by atoms with van der Waals surface area (Å²) in [5.74, 6) is 3.11. The molecular weight excluding hydrogens is 424 g/mol. The normalized spacial score (nSPS) is 40.6. The summed E-state index contributed by atoms with van der Waals surface area (Å²) < 4.78 is -0.0657. The van der Waals surface area contributed by atoms with E-state index in [-0.39, 0.29) is 27.5 Å². The summed E-state index contributed by atoms with van der Waals surface area (Å²) in [4.78, 5) is 24.1. The van der Waals surface area contributed by atoms with E-state index in [4.69, 9.17) is 22.8 Å². The van der Waals surface area contributed by atoms with Crippen LogP contribution in [0.4, 0.5) is 0 Å². The molecule has 4 rings (SSSR count). The Kier molecular flexibility index (Phi) is 7.58. The Hall–Kier alpha value is 0.0500. The SMILES string of the molecule is C[C@]12CCC3C(CCC4=CC(=O)CC[C@@]43S)C1CCC2=O.OC(CS)C(O)CS. The van der Waals surface area contributed by atoms with Crippen LogP contribution in [0.1, 0.15) is 58.3 Å². The maximum Gasteiger partial charge on any atom is 0.155 e. The first kappa shape index (κ1) is 23.7. The van der Waals surface area contributed by atoms with Crippen molar-refractivity contribution in [1.29, 1.82) is 0 Å². The maximum absolute atomic E-state index is 12.3. The average Bonchev–Trinajstić information content (AvgIpc) is 3.02. The van der Waals surface area contributed by atoms with Crippen LogP contribution < -0.4 is 0 Å². The predicted octanol–water partition coefficient (Wildman–Crippen LogP) is 3.32. The molecule has 29 heavy (non-hydrogen) atoms. The van der Waals surface area contributed by atoms with Crippen LogP contribution in [-0.2, 0) is 9.59 Å². The van der Waals surface area contributed by atoms with E-state index in [1.807, 2.05) is 6.08 Å². The molecule has 5 unspecified atom stereocenters. The first-order valence-electron chi connectivity index (χ1n) is 10.7. The van der Waals surface area contributed by atoms with E-state index in [1.54, 1.807) is 0 Å². The van der Waals surface area contributed by atoms with Crippen LogP contribution in [-0.4, -0.2) is 50.2 Å². The second kappa shape index (κ2) is 9.27. The molecule has 3 saturated carbocycles. The molecular formula is C22H34O4S3. The standard InChI is InChI=1S/C18H24O2S.C4H10O2S2/c1-17-8-7-15-13(14(17)4-5-16(17)20)3-2-11-10-12(19)6-9-18(11,15)21;5-3(1-7)4(6)2-8/h10,13-15,21H,2-9H2,1H3;3-8H,1-2H2/t13?,14?,15?,17-,18+;/m0./s1. The van der Waals surface area contributed by atoms with Crippen molar-refractivity contribution in [3.05, 3.63) is 11.6 Å². The largest absolute Gasteiger partial charge is 0.390 e. The van der Waals surface area contributed by atoms with Crippen LogP contribution in [0.15, 0.2) is 11.6 Å². The number of fused-ring (bicyclic) bond motifs is 5. The van der Waals surface area contributed by atoms with E-state index < -0.39 is 12.2 Å². The van der Waals surface area contributed by atoms with Crippen LogP contribution in [0.25, 0.3) is 0 Å². The van der Waals surface area contributed by atoms with Crippen molar-refractivity contribution in [2.24, 2.45) is 23.2 Å². The zero-order valence-electron chi connectivity index (χ0n) is 17.1. The van der Waals surface area contributed by atoms with Crippen molar-refractivity contribution in [2.45, 2.75) is 75.2 Å². The number of thiol groups is 3. The van der Waals surface area contributed by atoms with Gasteiger partial charge in [0, 0.05) is 34.5 Å². The zero-order valence-corrected chi connectivity index (χ0v) is 19.8. The van der Waals surface area contributed by atoms with Crippen LogP contribution in [0.5, 0.6) is 0 Å². The fourth-order valence-corrected chi connectivity index (χ4v) is 7.29. The summed E-state index contributed by atoms with van der Waals surface area (Å²) in [7, 11) is 0. The molecule has 0 bridgehead atoms. The van der Waals surface area contributed by atoms with Gasteiger partial charge in [0.1, 0.15) is 5.78 Å². The number of hydrogen-bond donors (Lipinski definition) is 5. The van der Waals surface area contributed by atoms with Crippen LogP contribution >= 0.6 is 37.9 Å². The second-order valence-corrected chi connectivity index (χ2v) is 10.9. The molecule has 3 fully saturated rings. The zero-order chi connectivity index (χ0) is 21.4. The van der Waals surface area contributed by atoms with Crippen molar-refractivity contribution >= 4 is 49.5 Å². The molecule has 0 saturated heterocycles. The lowest BCUT2D eigenvalue weighted by molar-refractivity contribution is -0.130. The first-order chi connectivity index (χ1) is 13.7.